The van der Waals surface area contributed by atoms with E-state index in [9.17, 15) is 4.79 Å². The van der Waals surface area contributed by atoms with Crippen LogP contribution in [0.4, 0.5) is 0 Å². The van der Waals surface area contributed by atoms with E-state index in [1.807, 2.05) is 18.2 Å². The maximum Gasteiger partial charge on any atom is 0.259 e. The first-order chi connectivity index (χ1) is 6.72. The van der Waals surface area contributed by atoms with Crippen molar-refractivity contribution in [3.8, 4) is 5.75 Å². The third-order valence-electron chi connectivity index (χ3n) is 2.44. The summed E-state index contributed by atoms with van der Waals surface area (Å²) in [4.78, 5) is 13.3. The SMILES string of the molecule is CCc1ccc2c(c1)C(=O)N(C)CO2. The van der Waals surface area contributed by atoms with E-state index in [4.69, 9.17) is 4.74 Å². The molecule has 0 unspecified atom stereocenters. The molecule has 1 amide bonds. The summed E-state index contributed by atoms with van der Waals surface area (Å²) in [5.74, 6) is 0.742. The number of hydrogen-bond acceptors (Lipinski definition) is 2. The summed E-state index contributed by atoms with van der Waals surface area (Å²) >= 11 is 0. The zero-order chi connectivity index (χ0) is 10.1. The third kappa shape index (κ3) is 1.35. The molecule has 0 bridgehead atoms. The molecule has 2 rings (SSSR count). The van der Waals surface area contributed by atoms with E-state index < -0.39 is 0 Å². The molecule has 74 valence electrons. The maximum absolute atomic E-state index is 11.7. The number of benzene rings is 1. The highest BCUT2D eigenvalue weighted by molar-refractivity contribution is 5.97. The first kappa shape index (κ1) is 9.06. The number of aryl methyl sites for hydroxylation is 1. The molecular weight excluding hydrogens is 178 g/mol. The van der Waals surface area contributed by atoms with Crippen LogP contribution in [-0.2, 0) is 6.42 Å². The molecule has 0 radical (unpaired) electrons. The molecule has 0 aliphatic carbocycles. The Morgan fingerprint density at radius 2 is 2.29 bits per heavy atom. The zero-order valence-corrected chi connectivity index (χ0v) is 8.41. The molecule has 0 saturated heterocycles. The molecule has 3 heteroatoms. The fourth-order valence-electron chi connectivity index (χ4n) is 1.52. The van der Waals surface area contributed by atoms with E-state index in [0.717, 1.165) is 12.0 Å². The van der Waals surface area contributed by atoms with E-state index in [-0.39, 0.29) is 5.91 Å². The lowest BCUT2D eigenvalue weighted by molar-refractivity contribution is 0.0595. The Morgan fingerprint density at radius 1 is 1.50 bits per heavy atom. The second-order valence-corrected chi connectivity index (χ2v) is 3.46. The van der Waals surface area contributed by atoms with Gasteiger partial charge < -0.3 is 9.64 Å². The molecule has 1 aromatic rings. The number of fused-ring (bicyclic) bond motifs is 1. The number of amides is 1. The molecule has 3 nitrogen and oxygen atoms in total. The Bertz CT molecular complexity index is 374. The van der Waals surface area contributed by atoms with Gasteiger partial charge in [-0.15, -0.1) is 0 Å². The number of carbonyl (C=O) groups excluding carboxylic acids is 1. The molecule has 0 spiro atoms. The van der Waals surface area contributed by atoms with Crippen molar-refractivity contribution >= 4 is 5.91 Å². The molecule has 1 heterocycles. The van der Waals surface area contributed by atoms with Gasteiger partial charge in [-0.05, 0) is 24.1 Å². The predicted molar refractivity (Wildman–Crippen MR) is 53.4 cm³/mol. The quantitative estimate of drug-likeness (QED) is 0.675. The average Bonchev–Trinajstić information content (AvgIpc) is 2.23. The first-order valence-electron chi connectivity index (χ1n) is 4.73. The van der Waals surface area contributed by atoms with E-state index in [1.54, 1.807) is 11.9 Å². The Hall–Kier alpha value is -1.51. The largest absolute Gasteiger partial charge is 0.472 e. The van der Waals surface area contributed by atoms with Crippen LogP contribution in [0.25, 0.3) is 0 Å². The summed E-state index contributed by atoms with van der Waals surface area (Å²) in [6.45, 7) is 2.41. The van der Waals surface area contributed by atoms with Crippen LogP contribution in [0.1, 0.15) is 22.8 Å². The smallest absolute Gasteiger partial charge is 0.259 e. The molecule has 0 saturated carbocycles. The molecule has 0 fully saturated rings. The highest BCUT2D eigenvalue weighted by atomic mass is 16.5. The molecule has 0 atom stereocenters. The van der Waals surface area contributed by atoms with Crippen LogP contribution < -0.4 is 4.74 Å². The van der Waals surface area contributed by atoms with Crippen LogP contribution >= 0.6 is 0 Å². The lowest BCUT2D eigenvalue weighted by Crippen LogP contribution is -2.35. The van der Waals surface area contributed by atoms with Gasteiger partial charge in [0.05, 0.1) is 5.56 Å². The maximum atomic E-state index is 11.7. The molecule has 1 aromatic carbocycles. The van der Waals surface area contributed by atoms with E-state index in [2.05, 4.69) is 6.92 Å². The van der Waals surface area contributed by atoms with Gasteiger partial charge in [-0.3, -0.25) is 4.79 Å². The lowest BCUT2D eigenvalue weighted by atomic mass is 10.1. The number of rotatable bonds is 1. The standard InChI is InChI=1S/C11H13NO2/c1-3-8-4-5-10-9(6-8)11(13)12(2)7-14-10/h4-6H,3,7H2,1-2H3. The Morgan fingerprint density at radius 3 is 3.00 bits per heavy atom. The van der Waals surface area contributed by atoms with Crippen LogP contribution in [0, 0.1) is 0 Å². The zero-order valence-electron chi connectivity index (χ0n) is 8.41. The fraction of sp³-hybridized carbons (Fsp3) is 0.364. The summed E-state index contributed by atoms with van der Waals surface area (Å²) in [5.41, 5.74) is 1.84. The average molecular weight is 191 g/mol. The molecule has 0 N–H and O–H groups in total. The highest BCUT2D eigenvalue weighted by Crippen LogP contribution is 2.25. The monoisotopic (exact) mass is 191 g/mol. The number of ether oxygens (including phenoxy) is 1. The lowest BCUT2D eigenvalue weighted by Gasteiger charge is -2.25. The second kappa shape index (κ2) is 3.33. The van der Waals surface area contributed by atoms with Gasteiger partial charge in [0.15, 0.2) is 6.73 Å². The van der Waals surface area contributed by atoms with Crippen molar-refractivity contribution in [2.24, 2.45) is 0 Å². The van der Waals surface area contributed by atoms with Crippen molar-refractivity contribution in [2.75, 3.05) is 13.8 Å². The summed E-state index contributed by atoms with van der Waals surface area (Å²) in [5, 5.41) is 0. The van der Waals surface area contributed by atoms with Crippen LogP contribution in [0.2, 0.25) is 0 Å². The Kier molecular flexibility index (Phi) is 2.15. The fourth-order valence-corrected chi connectivity index (χ4v) is 1.52. The van der Waals surface area contributed by atoms with Gasteiger partial charge in [0.1, 0.15) is 5.75 Å². The van der Waals surface area contributed by atoms with Crippen molar-refractivity contribution in [2.45, 2.75) is 13.3 Å². The van der Waals surface area contributed by atoms with Crippen molar-refractivity contribution in [1.29, 1.82) is 0 Å². The Labute approximate surface area is 83.3 Å². The third-order valence-corrected chi connectivity index (χ3v) is 2.44. The summed E-state index contributed by atoms with van der Waals surface area (Å²) < 4.78 is 5.41. The van der Waals surface area contributed by atoms with Gasteiger partial charge in [-0.2, -0.15) is 0 Å². The molecule has 0 aromatic heterocycles. The van der Waals surface area contributed by atoms with Crippen molar-refractivity contribution < 1.29 is 9.53 Å². The minimum Gasteiger partial charge on any atom is -0.472 e. The first-order valence-corrected chi connectivity index (χ1v) is 4.73. The van der Waals surface area contributed by atoms with Crippen molar-refractivity contribution in [3.63, 3.8) is 0 Å². The molecular formula is C11H13NO2. The van der Waals surface area contributed by atoms with E-state index in [0.29, 0.717) is 18.0 Å². The molecule has 14 heavy (non-hydrogen) atoms. The Balaban J connectivity index is 2.46. The predicted octanol–water partition coefficient (Wildman–Crippen LogP) is 1.67. The van der Waals surface area contributed by atoms with Crippen molar-refractivity contribution in [1.82, 2.24) is 4.90 Å². The van der Waals surface area contributed by atoms with Crippen LogP contribution in [0.5, 0.6) is 5.75 Å². The summed E-state index contributed by atoms with van der Waals surface area (Å²) in [7, 11) is 1.74. The van der Waals surface area contributed by atoms with Crippen molar-refractivity contribution in [3.05, 3.63) is 29.3 Å². The minimum absolute atomic E-state index is 0.0431. The van der Waals surface area contributed by atoms with Crippen LogP contribution in [-0.4, -0.2) is 24.6 Å². The topological polar surface area (TPSA) is 29.5 Å². The van der Waals surface area contributed by atoms with Crippen LogP contribution in [0.15, 0.2) is 18.2 Å². The number of hydrogen-bond donors (Lipinski definition) is 0. The van der Waals surface area contributed by atoms with Gasteiger partial charge in [0, 0.05) is 7.05 Å². The molecule has 1 aliphatic heterocycles. The number of nitrogens with zero attached hydrogens (tertiary/aromatic N) is 1. The highest BCUT2D eigenvalue weighted by Gasteiger charge is 2.22. The number of carbonyl (C=O) groups is 1. The van der Waals surface area contributed by atoms with Gasteiger partial charge in [0.2, 0.25) is 0 Å². The minimum atomic E-state index is 0.0431. The van der Waals surface area contributed by atoms with Crippen LogP contribution in [0.3, 0.4) is 0 Å². The van der Waals surface area contributed by atoms with Gasteiger partial charge >= 0.3 is 0 Å². The molecule has 1 aliphatic rings. The van der Waals surface area contributed by atoms with E-state index >= 15 is 0 Å². The van der Waals surface area contributed by atoms with Gasteiger partial charge in [-0.1, -0.05) is 13.0 Å². The summed E-state index contributed by atoms with van der Waals surface area (Å²) in [6, 6.07) is 5.78. The van der Waals surface area contributed by atoms with Gasteiger partial charge in [0.25, 0.3) is 5.91 Å². The summed E-state index contributed by atoms with van der Waals surface area (Å²) in [6.07, 6.45) is 0.935. The second-order valence-electron chi connectivity index (χ2n) is 3.46. The normalized spacial score (nSPS) is 15.0. The van der Waals surface area contributed by atoms with E-state index in [1.165, 1.54) is 0 Å². The van der Waals surface area contributed by atoms with Gasteiger partial charge in [-0.25, -0.2) is 0 Å².